The number of H-pyrrole nitrogens is 4. The number of nitrogens with one attached hydrogen (secondary N) is 4. The van der Waals surface area contributed by atoms with Crippen LogP contribution in [-0.2, 0) is 5.54 Å². The van der Waals surface area contributed by atoms with Gasteiger partial charge in [-0.25, -0.2) is 10.0 Å². The summed E-state index contributed by atoms with van der Waals surface area (Å²) < 4.78 is 4.20. The van der Waals surface area contributed by atoms with Crippen LogP contribution >= 0.6 is 11.5 Å². The van der Waals surface area contributed by atoms with E-state index in [4.69, 9.17) is 9.97 Å². The van der Waals surface area contributed by atoms with E-state index in [2.05, 4.69) is 71.0 Å². The minimum atomic E-state index is -1.31. The standard InChI is InChI=1S/C24H18N18S/c1-2-6-26-14(3-1)20-21(15-11-25-9-10-27-15)24(16-4-7-28-31-16,17-12-30-37-32-17)42(18-5-8-29-33-18)41(19-13-43-40-34-19)22(20)23-35-38-39-36-23/h1-13,21H,(H,28,31)(H,29,33)(H,30,32,37)(H,35,36,38,39). The Kier molecular flexibility index (Phi) is 5.70. The summed E-state index contributed by atoms with van der Waals surface area (Å²) >= 11 is 1.19. The van der Waals surface area contributed by atoms with Gasteiger partial charge >= 0.3 is 0 Å². The van der Waals surface area contributed by atoms with Gasteiger partial charge in [0, 0.05) is 42.6 Å². The third-order valence-corrected chi connectivity index (χ3v) is 7.57. The van der Waals surface area contributed by atoms with Gasteiger partial charge in [-0.2, -0.15) is 30.8 Å². The highest BCUT2D eigenvalue weighted by atomic mass is 32.1. The molecular formula is C24H18N18S. The summed E-state index contributed by atoms with van der Waals surface area (Å²) in [7, 11) is 0. The Morgan fingerprint density at radius 3 is 2.47 bits per heavy atom. The first kappa shape index (κ1) is 24.5. The molecule has 0 aromatic carbocycles. The maximum atomic E-state index is 4.83. The van der Waals surface area contributed by atoms with Crippen LogP contribution in [0.15, 0.2) is 79.1 Å². The number of hydrogen-bond acceptors (Lipinski definition) is 15. The second kappa shape index (κ2) is 9.99. The number of tetrazole rings is 1. The van der Waals surface area contributed by atoms with Crippen molar-refractivity contribution in [2.45, 2.75) is 11.5 Å². The lowest BCUT2D eigenvalue weighted by Crippen LogP contribution is -2.63. The highest BCUT2D eigenvalue weighted by molar-refractivity contribution is 7.03. The van der Waals surface area contributed by atoms with Crippen LogP contribution in [0.5, 0.6) is 0 Å². The Morgan fingerprint density at radius 1 is 0.837 bits per heavy atom. The lowest BCUT2D eigenvalue weighted by Gasteiger charge is -2.55. The van der Waals surface area contributed by atoms with Crippen molar-refractivity contribution in [3.05, 3.63) is 108 Å². The van der Waals surface area contributed by atoms with E-state index in [-0.39, 0.29) is 5.82 Å². The summed E-state index contributed by atoms with van der Waals surface area (Å²) in [4.78, 5) is 14.1. The Morgan fingerprint density at radius 2 is 1.79 bits per heavy atom. The number of nitrogens with zero attached hydrogens (tertiary/aromatic N) is 14. The smallest absolute Gasteiger partial charge is 0.223 e. The molecule has 18 nitrogen and oxygen atoms in total. The summed E-state index contributed by atoms with van der Waals surface area (Å²) in [6, 6.07) is 9.35. The van der Waals surface area contributed by atoms with Crippen LogP contribution in [-0.4, -0.2) is 81.0 Å². The molecule has 8 heterocycles. The van der Waals surface area contributed by atoms with E-state index in [0.717, 1.165) is 0 Å². The highest BCUT2D eigenvalue weighted by Gasteiger charge is 2.61. The minimum Gasteiger partial charge on any atom is -0.280 e. The molecule has 0 aliphatic carbocycles. The van der Waals surface area contributed by atoms with Crippen molar-refractivity contribution in [2.24, 2.45) is 0 Å². The molecule has 0 radical (unpaired) electrons. The number of pyridine rings is 1. The maximum absolute atomic E-state index is 4.83. The van der Waals surface area contributed by atoms with Crippen molar-refractivity contribution in [3.8, 4) is 0 Å². The van der Waals surface area contributed by atoms with E-state index < -0.39 is 11.5 Å². The Labute approximate surface area is 244 Å². The molecule has 0 saturated heterocycles. The molecular weight excluding hydrogens is 572 g/mol. The third-order valence-electron chi connectivity index (χ3n) is 7.08. The van der Waals surface area contributed by atoms with Crippen molar-refractivity contribution in [3.63, 3.8) is 0 Å². The quantitative estimate of drug-likeness (QED) is 0.206. The molecule has 0 spiro atoms. The Bertz CT molecular complexity index is 1890. The fourth-order valence-electron chi connectivity index (χ4n) is 5.58. The monoisotopic (exact) mass is 590 g/mol. The van der Waals surface area contributed by atoms with E-state index in [1.165, 1.54) is 11.5 Å². The normalized spacial score (nSPS) is 18.8. The third kappa shape index (κ3) is 3.71. The summed E-state index contributed by atoms with van der Waals surface area (Å²) in [5.41, 5.74) is 2.21. The fourth-order valence-corrected chi connectivity index (χ4v) is 6.00. The lowest BCUT2D eigenvalue weighted by atomic mass is 9.69. The minimum absolute atomic E-state index is 0.269. The van der Waals surface area contributed by atoms with Gasteiger partial charge in [0.1, 0.15) is 17.2 Å². The zero-order chi connectivity index (χ0) is 28.6. The number of anilines is 2. The maximum Gasteiger partial charge on any atom is 0.223 e. The van der Waals surface area contributed by atoms with Crippen LogP contribution in [0.25, 0.3) is 11.3 Å². The van der Waals surface area contributed by atoms with Gasteiger partial charge in [0.05, 0.1) is 40.8 Å². The first-order chi connectivity index (χ1) is 21.4. The molecule has 0 bridgehead atoms. The Balaban J connectivity index is 1.63. The van der Waals surface area contributed by atoms with Gasteiger partial charge in [-0.15, -0.1) is 15.3 Å². The van der Waals surface area contributed by atoms with Gasteiger partial charge in [-0.3, -0.25) is 25.1 Å². The van der Waals surface area contributed by atoms with Gasteiger partial charge in [-0.1, -0.05) is 10.6 Å². The molecule has 210 valence electrons. The molecule has 43 heavy (non-hydrogen) atoms. The van der Waals surface area contributed by atoms with Crippen LogP contribution in [0.1, 0.15) is 34.5 Å². The molecule has 0 fully saturated rings. The number of hydrogen-bond donors (Lipinski definition) is 4. The largest absolute Gasteiger partial charge is 0.280 e. The van der Waals surface area contributed by atoms with Gasteiger partial charge in [0.2, 0.25) is 5.82 Å². The van der Waals surface area contributed by atoms with Crippen LogP contribution < -0.4 is 10.0 Å². The van der Waals surface area contributed by atoms with Crippen molar-refractivity contribution in [1.82, 2.24) is 81.0 Å². The molecule has 4 N–H and O–H groups in total. The zero-order valence-electron chi connectivity index (χ0n) is 21.8. The molecule has 19 heteroatoms. The van der Waals surface area contributed by atoms with E-state index in [1.807, 2.05) is 45.7 Å². The number of rotatable bonds is 7. The molecule has 0 saturated carbocycles. The average Bonchev–Trinajstić information content (AvgIpc) is 3.90. The first-order valence-electron chi connectivity index (χ1n) is 12.8. The summed E-state index contributed by atoms with van der Waals surface area (Å²) in [5, 5.41) is 52.1. The molecule has 1 aliphatic heterocycles. The Hall–Kier alpha value is -6.24. The van der Waals surface area contributed by atoms with Crippen molar-refractivity contribution >= 4 is 34.4 Å². The molecule has 7 aromatic heterocycles. The van der Waals surface area contributed by atoms with Gasteiger partial charge in [0.25, 0.3) is 0 Å². The van der Waals surface area contributed by atoms with Gasteiger partial charge < -0.3 is 0 Å². The number of aromatic nitrogens is 16. The SMILES string of the molecule is c1ccc(C2=C(c3nn[nH]n3)N(c3csnn3)N(c3ccn[nH]3)C(c3cn[nH]n3)(c3ccn[nH]3)C2c2cnccn2)nc1. The van der Waals surface area contributed by atoms with Gasteiger partial charge in [0.15, 0.2) is 11.4 Å². The first-order valence-corrected chi connectivity index (χ1v) is 13.6. The van der Waals surface area contributed by atoms with Crippen LogP contribution in [0.3, 0.4) is 0 Å². The molecule has 0 amide bonds. The van der Waals surface area contributed by atoms with E-state index in [1.54, 1.807) is 43.4 Å². The van der Waals surface area contributed by atoms with E-state index in [0.29, 0.717) is 45.7 Å². The molecule has 1 aliphatic rings. The predicted octanol–water partition coefficient (Wildman–Crippen LogP) is 1.34. The van der Waals surface area contributed by atoms with Crippen molar-refractivity contribution in [2.75, 3.05) is 10.0 Å². The van der Waals surface area contributed by atoms with E-state index >= 15 is 0 Å². The summed E-state index contributed by atoms with van der Waals surface area (Å²) in [5.74, 6) is 0.574. The molecule has 2 unspecified atom stereocenters. The number of hydrazine groups is 1. The summed E-state index contributed by atoms with van der Waals surface area (Å²) in [6.45, 7) is 0. The second-order valence-corrected chi connectivity index (χ2v) is 9.81. The van der Waals surface area contributed by atoms with Crippen LogP contribution in [0.4, 0.5) is 11.6 Å². The van der Waals surface area contributed by atoms with Crippen LogP contribution in [0, 0.1) is 0 Å². The molecule has 7 aromatic rings. The zero-order valence-corrected chi connectivity index (χ0v) is 22.6. The second-order valence-electron chi connectivity index (χ2n) is 9.20. The molecule has 8 rings (SSSR count). The fraction of sp³-hybridized carbons (Fsp3) is 0.0833. The van der Waals surface area contributed by atoms with Crippen molar-refractivity contribution < 1.29 is 0 Å². The molecule has 2 atom stereocenters. The van der Waals surface area contributed by atoms with E-state index in [9.17, 15) is 0 Å². The number of aromatic amines is 4. The van der Waals surface area contributed by atoms with Gasteiger partial charge in [-0.05, 0) is 34.9 Å². The summed E-state index contributed by atoms with van der Waals surface area (Å²) in [6.07, 6.45) is 11.6. The highest BCUT2D eigenvalue weighted by Crippen LogP contribution is 2.59. The lowest BCUT2D eigenvalue weighted by molar-refractivity contribution is 0.394. The van der Waals surface area contributed by atoms with Crippen molar-refractivity contribution in [1.29, 1.82) is 0 Å². The van der Waals surface area contributed by atoms with Crippen LogP contribution in [0.2, 0.25) is 0 Å². The average molecular weight is 591 g/mol. The topological polar surface area (TPSA) is 224 Å². The predicted molar refractivity (Wildman–Crippen MR) is 149 cm³/mol.